The smallest absolute Gasteiger partial charge is 0.367 e. The normalized spacial score (nSPS) is 14.4. The summed E-state index contributed by atoms with van der Waals surface area (Å²) >= 11 is 0. The first-order valence-electron chi connectivity index (χ1n) is 9.76. The van der Waals surface area contributed by atoms with Gasteiger partial charge in [-0.25, -0.2) is 0 Å². The number of halogens is 3. The fourth-order valence-corrected chi connectivity index (χ4v) is 3.25. The highest BCUT2D eigenvalue weighted by molar-refractivity contribution is 6.05. The fourth-order valence-electron chi connectivity index (χ4n) is 3.25. The zero-order valence-electron chi connectivity index (χ0n) is 16.4. The quantitative estimate of drug-likeness (QED) is 0.741. The van der Waals surface area contributed by atoms with Gasteiger partial charge in [0.05, 0.1) is 6.61 Å². The van der Waals surface area contributed by atoms with E-state index in [1.165, 1.54) is 12.1 Å². The van der Waals surface area contributed by atoms with Gasteiger partial charge < -0.3 is 15.0 Å². The zero-order valence-corrected chi connectivity index (χ0v) is 16.4. The van der Waals surface area contributed by atoms with E-state index in [4.69, 9.17) is 0 Å². The number of nitrogens with zero attached hydrogens (tertiary/aromatic N) is 1. The van der Waals surface area contributed by atoms with Crippen molar-refractivity contribution in [2.45, 2.75) is 32.0 Å². The number of alkyl halides is 3. The van der Waals surface area contributed by atoms with Gasteiger partial charge in [0.2, 0.25) is 0 Å². The van der Waals surface area contributed by atoms with Crippen LogP contribution in [-0.2, 0) is 11.3 Å². The molecule has 160 valence electrons. The van der Waals surface area contributed by atoms with E-state index in [9.17, 15) is 22.8 Å². The zero-order chi connectivity index (χ0) is 21.6. The van der Waals surface area contributed by atoms with E-state index in [-0.39, 0.29) is 18.4 Å². The molecule has 2 amide bonds. The third kappa shape index (κ3) is 6.32. The fraction of sp³-hybridized carbons (Fsp3) is 0.364. The Hall–Kier alpha value is -2.87. The molecule has 0 aromatic heterocycles. The lowest BCUT2D eigenvalue weighted by Crippen LogP contribution is -2.35. The van der Waals surface area contributed by atoms with Crippen molar-refractivity contribution >= 4 is 17.5 Å². The number of carbonyl (C=O) groups excluding carboxylic acids is 2. The molecule has 1 fully saturated rings. The molecule has 0 unspecified atom stereocenters. The van der Waals surface area contributed by atoms with Gasteiger partial charge in [-0.3, -0.25) is 9.59 Å². The van der Waals surface area contributed by atoms with E-state index in [0.717, 1.165) is 32.4 Å². The van der Waals surface area contributed by atoms with Crippen LogP contribution in [0.3, 0.4) is 0 Å². The summed E-state index contributed by atoms with van der Waals surface area (Å²) in [6.07, 6.45) is -1.24. The average molecular weight is 420 g/mol. The second kappa shape index (κ2) is 9.75. The van der Waals surface area contributed by atoms with Crippen LogP contribution >= 0.6 is 0 Å². The Labute approximate surface area is 172 Å². The molecule has 3 rings (SSSR count). The van der Waals surface area contributed by atoms with Gasteiger partial charge >= 0.3 is 6.18 Å². The maximum Gasteiger partial charge on any atom is 0.411 e. The van der Waals surface area contributed by atoms with Gasteiger partial charge in [0.25, 0.3) is 11.8 Å². The van der Waals surface area contributed by atoms with Gasteiger partial charge in [-0.1, -0.05) is 18.2 Å². The van der Waals surface area contributed by atoms with Crippen LogP contribution in [0.25, 0.3) is 0 Å². The number of rotatable bonds is 6. The van der Waals surface area contributed by atoms with Gasteiger partial charge in [0.1, 0.15) is 6.61 Å². The van der Waals surface area contributed by atoms with Crippen molar-refractivity contribution in [1.82, 2.24) is 4.90 Å². The Morgan fingerprint density at radius 3 is 2.33 bits per heavy atom. The van der Waals surface area contributed by atoms with Gasteiger partial charge in [-0.2, -0.15) is 13.2 Å². The molecule has 0 bridgehead atoms. The van der Waals surface area contributed by atoms with Crippen molar-refractivity contribution in [1.29, 1.82) is 0 Å². The summed E-state index contributed by atoms with van der Waals surface area (Å²) in [6, 6.07) is 12.9. The molecule has 0 radical (unpaired) electrons. The van der Waals surface area contributed by atoms with Crippen LogP contribution < -0.4 is 5.32 Å². The molecule has 0 atom stereocenters. The number of piperidine rings is 1. The van der Waals surface area contributed by atoms with Crippen molar-refractivity contribution in [2.24, 2.45) is 0 Å². The molecule has 1 aliphatic heterocycles. The summed E-state index contributed by atoms with van der Waals surface area (Å²) in [5.41, 5.74) is 1.90. The van der Waals surface area contributed by atoms with Crippen molar-refractivity contribution < 1.29 is 27.5 Å². The molecule has 2 aromatic rings. The second-order valence-electron chi connectivity index (χ2n) is 7.19. The van der Waals surface area contributed by atoms with Crippen LogP contribution in [0.4, 0.5) is 18.9 Å². The molecule has 30 heavy (non-hydrogen) atoms. The molecule has 0 saturated carbocycles. The Balaban J connectivity index is 1.58. The maximum absolute atomic E-state index is 12.6. The molecule has 1 heterocycles. The number of hydrogen-bond donors (Lipinski definition) is 1. The van der Waals surface area contributed by atoms with Crippen LogP contribution in [0, 0.1) is 0 Å². The molecule has 1 saturated heterocycles. The van der Waals surface area contributed by atoms with E-state index in [0.29, 0.717) is 22.4 Å². The number of ether oxygens (including phenoxy) is 1. The Morgan fingerprint density at radius 2 is 1.67 bits per heavy atom. The summed E-state index contributed by atoms with van der Waals surface area (Å²) in [4.78, 5) is 26.9. The topological polar surface area (TPSA) is 58.6 Å². The first kappa shape index (κ1) is 21.8. The lowest BCUT2D eigenvalue weighted by Gasteiger charge is -2.26. The Kier molecular flexibility index (Phi) is 7.10. The molecular weight excluding hydrogens is 397 g/mol. The predicted molar refractivity (Wildman–Crippen MR) is 106 cm³/mol. The standard InChI is InChI=1S/C22H23F3N2O3/c23-22(24,25)15-30-14-16-7-9-17(10-8-16)20(28)26-19-6-4-5-18(13-19)21(29)27-11-2-1-3-12-27/h4-10,13H,1-3,11-12,14-15H2,(H,26,28). The molecule has 5 nitrogen and oxygen atoms in total. The first-order valence-corrected chi connectivity index (χ1v) is 9.76. The van der Waals surface area contributed by atoms with Crippen LogP contribution in [0.5, 0.6) is 0 Å². The van der Waals surface area contributed by atoms with Gasteiger partial charge in [0, 0.05) is 29.9 Å². The minimum Gasteiger partial charge on any atom is -0.367 e. The number of hydrogen-bond acceptors (Lipinski definition) is 3. The summed E-state index contributed by atoms with van der Waals surface area (Å²) in [7, 11) is 0. The number of likely N-dealkylation sites (tertiary alicyclic amines) is 1. The molecule has 1 aliphatic rings. The lowest BCUT2D eigenvalue weighted by atomic mass is 10.1. The van der Waals surface area contributed by atoms with Crippen molar-refractivity contribution in [3.63, 3.8) is 0 Å². The van der Waals surface area contributed by atoms with Crippen molar-refractivity contribution in [3.8, 4) is 0 Å². The van der Waals surface area contributed by atoms with Gasteiger partial charge in [-0.15, -0.1) is 0 Å². The molecule has 0 aliphatic carbocycles. The number of carbonyl (C=O) groups is 2. The van der Waals surface area contributed by atoms with E-state index in [2.05, 4.69) is 10.1 Å². The summed E-state index contributed by atoms with van der Waals surface area (Å²) in [5.74, 6) is -0.422. The maximum atomic E-state index is 12.6. The summed E-state index contributed by atoms with van der Waals surface area (Å²) < 4.78 is 41.0. The van der Waals surface area contributed by atoms with E-state index in [1.54, 1.807) is 36.4 Å². The second-order valence-corrected chi connectivity index (χ2v) is 7.19. The molecule has 1 N–H and O–H groups in total. The SMILES string of the molecule is O=C(Nc1cccc(C(=O)N2CCCCC2)c1)c1ccc(COCC(F)(F)F)cc1. The van der Waals surface area contributed by atoms with E-state index >= 15 is 0 Å². The minimum atomic E-state index is -4.37. The molecule has 0 spiro atoms. The highest BCUT2D eigenvalue weighted by atomic mass is 19.4. The van der Waals surface area contributed by atoms with Gasteiger partial charge in [-0.05, 0) is 55.2 Å². The third-order valence-corrected chi connectivity index (χ3v) is 4.76. The molecule has 2 aromatic carbocycles. The Bertz CT molecular complexity index is 876. The summed E-state index contributed by atoms with van der Waals surface area (Å²) in [5, 5.41) is 2.75. The lowest BCUT2D eigenvalue weighted by molar-refractivity contribution is -0.176. The average Bonchev–Trinajstić information content (AvgIpc) is 2.73. The highest BCUT2D eigenvalue weighted by Gasteiger charge is 2.27. The third-order valence-electron chi connectivity index (χ3n) is 4.76. The van der Waals surface area contributed by atoms with Crippen LogP contribution in [0.2, 0.25) is 0 Å². The number of nitrogens with one attached hydrogen (secondary N) is 1. The van der Waals surface area contributed by atoms with E-state index < -0.39 is 12.8 Å². The predicted octanol–water partition coefficient (Wildman–Crippen LogP) is 4.64. The minimum absolute atomic E-state index is 0.0472. The van der Waals surface area contributed by atoms with E-state index in [1.807, 2.05) is 4.90 Å². The number of anilines is 1. The number of amides is 2. The van der Waals surface area contributed by atoms with Gasteiger partial charge in [0.15, 0.2) is 0 Å². The first-order chi connectivity index (χ1) is 14.3. The highest BCUT2D eigenvalue weighted by Crippen LogP contribution is 2.18. The molecule has 8 heteroatoms. The molecular formula is C22H23F3N2O3. The Morgan fingerprint density at radius 1 is 0.967 bits per heavy atom. The summed E-state index contributed by atoms with van der Waals surface area (Å²) in [6.45, 7) is -0.0211. The van der Waals surface area contributed by atoms with Crippen molar-refractivity contribution in [2.75, 3.05) is 25.0 Å². The van der Waals surface area contributed by atoms with Crippen LogP contribution in [0.15, 0.2) is 48.5 Å². The largest absolute Gasteiger partial charge is 0.411 e. The number of benzene rings is 2. The van der Waals surface area contributed by atoms with Crippen LogP contribution in [-0.4, -0.2) is 42.6 Å². The monoisotopic (exact) mass is 420 g/mol. The van der Waals surface area contributed by atoms with Crippen molar-refractivity contribution in [3.05, 3.63) is 65.2 Å². The van der Waals surface area contributed by atoms with Crippen LogP contribution in [0.1, 0.15) is 45.5 Å².